The Morgan fingerprint density at radius 1 is 1.22 bits per heavy atom. The van der Waals surface area contributed by atoms with Crippen molar-refractivity contribution in [2.45, 2.75) is 19.3 Å². The van der Waals surface area contributed by atoms with Gasteiger partial charge < -0.3 is 4.74 Å². The van der Waals surface area contributed by atoms with Gasteiger partial charge in [0.05, 0.1) is 12.5 Å². The molecular formula is C19H18O3S. The van der Waals surface area contributed by atoms with Crippen LogP contribution in [-0.2, 0) is 14.3 Å². The van der Waals surface area contributed by atoms with E-state index in [1.54, 1.807) is 24.3 Å². The molecule has 2 aromatic rings. The van der Waals surface area contributed by atoms with Crippen molar-refractivity contribution in [1.29, 1.82) is 0 Å². The van der Waals surface area contributed by atoms with Crippen molar-refractivity contribution in [2.75, 3.05) is 6.61 Å². The van der Waals surface area contributed by atoms with Crippen molar-refractivity contribution < 1.29 is 14.3 Å². The fraction of sp³-hybridized carbons (Fsp3) is 0.263. The molecule has 2 unspecified atom stereocenters. The Hall–Kier alpha value is -2.20. The highest BCUT2D eigenvalue weighted by Gasteiger charge is 2.39. The molecule has 3 nitrogen and oxygen atoms in total. The van der Waals surface area contributed by atoms with Gasteiger partial charge in [-0.15, -0.1) is 11.3 Å². The lowest BCUT2D eigenvalue weighted by Crippen LogP contribution is -2.30. The van der Waals surface area contributed by atoms with Gasteiger partial charge in [-0.25, -0.2) is 0 Å². The van der Waals surface area contributed by atoms with Gasteiger partial charge in [0.2, 0.25) is 0 Å². The summed E-state index contributed by atoms with van der Waals surface area (Å²) in [7, 11) is 0. The summed E-state index contributed by atoms with van der Waals surface area (Å²) in [5, 5.41) is 1.97. The highest BCUT2D eigenvalue weighted by atomic mass is 32.1. The zero-order valence-electron chi connectivity index (χ0n) is 12.9. The van der Waals surface area contributed by atoms with Crippen LogP contribution < -0.4 is 0 Å². The van der Waals surface area contributed by atoms with E-state index in [-0.39, 0.29) is 17.7 Å². The second-order valence-electron chi connectivity index (χ2n) is 5.49. The van der Waals surface area contributed by atoms with Gasteiger partial charge in [0.15, 0.2) is 5.78 Å². The van der Waals surface area contributed by atoms with Crippen LogP contribution in [0.4, 0.5) is 0 Å². The Balaban J connectivity index is 2.07. The molecule has 4 heteroatoms. The number of carbonyl (C=O) groups excluding carboxylic acids is 2. The van der Waals surface area contributed by atoms with Crippen LogP contribution in [0.2, 0.25) is 0 Å². The van der Waals surface area contributed by atoms with E-state index in [1.165, 1.54) is 0 Å². The summed E-state index contributed by atoms with van der Waals surface area (Å²) in [6, 6.07) is 13.6. The number of ketones is 1. The third-order valence-electron chi connectivity index (χ3n) is 4.03. The molecule has 118 valence electrons. The highest BCUT2D eigenvalue weighted by molar-refractivity contribution is 7.10. The van der Waals surface area contributed by atoms with Gasteiger partial charge >= 0.3 is 5.97 Å². The fourth-order valence-corrected chi connectivity index (χ4v) is 3.92. The number of hydrogen-bond donors (Lipinski definition) is 0. The van der Waals surface area contributed by atoms with Crippen LogP contribution in [0.5, 0.6) is 0 Å². The summed E-state index contributed by atoms with van der Waals surface area (Å²) in [5.41, 5.74) is 1.67. The van der Waals surface area contributed by atoms with E-state index in [0.717, 1.165) is 16.0 Å². The van der Waals surface area contributed by atoms with Crippen LogP contribution in [0, 0.1) is 5.92 Å². The van der Waals surface area contributed by atoms with Crippen LogP contribution in [0.15, 0.2) is 53.9 Å². The molecule has 1 aromatic carbocycles. The van der Waals surface area contributed by atoms with Gasteiger partial charge in [-0.2, -0.15) is 0 Å². The Labute approximate surface area is 139 Å². The fourth-order valence-electron chi connectivity index (χ4n) is 3.06. The summed E-state index contributed by atoms with van der Waals surface area (Å²) in [6.07, 6.45) is 1.96. The summed E-state index contributed by atoms with van der Waals surface area (Å²) in [4.78, 5) is 25.9. The third-order valence-corrected chi connectivity index (χ3v) is 5.04. The predicted molar refractivity (Wildman–Crippen MR) is 91.2 cm³/mol. The number of rotatable bonds is 4. The Morgan fingerprint density at radius 2 is 2.00 bits per heavy atom. The molecule has 1 aromatic heterocycles. The van der Waals surface area contributed by atoms with Crippen molar-refractivity contribution in [2.24, 2.45) is 5.92 Å². The van der Waals surface area contributed by atoms with Gasteiger partial charge in [-0.05, 0) is 35.6 Å². The average Bonchev–Trinajstić information content (AvgIpc) is 3.09. The molecule has 0 N–H and O–H groups in total. The van der Waals surface area contributed by atoms with Crippen LogP contribution >= 0.6 is 11.3 Å². The molecule has 23 heavy (non-hydrogen) atoms. The van der Waals surface area contributed by atoms with Crippen LogP contribution in [0.1, 0.15) is 29.7 Å². The second-order valence-corrected chi connectivity index (χ2v) is 6.47. The average molecular weight is 326 g/mol. The first-order valence-electron chi connectivity index (χ1n) is 7.70. The van der Waals surface area contributed by atoms with Gasteiger partial charge in [0.25, 0.3) is 0 Å². The van der Waals surface area contributed by atoms with Crippen LogP contribution in [-0.4, -0.2) is 18.4 Å². The molecule has 0 radical (unpaired) electrons. The van der Waals surface area contributed by atoms with Gasteiger partial charge in [0, 0.05) is 17.2 Å². The molecule has 0 amide bonds. The number of ether oxygens (including phenoxy) is 1. The van der Waals surface area contributed by atoms with Crippen molar-refractivity contribution >= 4 is 28.7 Å². The molecule has 1 aliphatic carbocycles. The molecule has 2 atom stereocenters. The first-order valence-corrected chi connectivity index (χ1v) is 8.58. The number of allylic oxidation sites excluding steroid dienone is 1. The minimum absolute atomic E-state index is 0.0581. The van der Waals surface area contributed by atoms with E-state index < -0.39 is 5.92 Å². The molecule has 0 bridgehead atoms. The van der Waals surface area contributed by atoms with Gasteiger partial charge in [-0.1, -0.05) is 36.4 Å². The first-order chi connectivity index (χ1) is 11.2. The largest absolute Gasteiger partial charge is 0.466 e. The number of benzene rings is 1. The summed E-state index contributed by atoms with van der Waals surface area (Å²) in [5.74, 6) is -0.785. The zero-order valence-corrected chi connectivity index (χ0v) is 13.7. The Morgan fingerprint density at radius 3 is 2.65 bits per heavy atom. The molecule has 0 saturated heterocycles. The minimum atomic E-state index is -0.436. The molecule has 0 spiro atoms. The minimum Gasteiger partial charge on any atom is -0.466 e. The molecule has 1 heterocycles. The van der Waals surface area contributed by atoms with E-state index in [0.29, 0.717) is 13.0 Å². The number of carbonyl (C=O) groups is 2. The highest BCUT2D eigenvalue weighted by Crippen LogP contribution is 2.43. The van der Waals surface area contributed by atoms with Crippen molar-refractivity contribution in [1.82, 2.24) is 0 Å². The van der Waals surface area contributed by atoms with Crippen molar-refractivity contribution in [3.05, 3.63) is 64.4 Å². The lowest BCUT2D eigenvalue weighted by Gasteiger charge is -2.30. The maximum absolute atomic E-state index is 12.6. The zero-order chi connectivity index (χ0) is 16.2. The molecule has 0 saturated carbocycles. The van der Waals surface area contributed by atoms with E-state index >= 15 is 0 Å². The second kappa shape index (κ2) is 6.92. The summed E-state index contributed by atoms with van der Waals surface area (Å²) < 4.78 is 5.31. The normalized spacial score (nSPS) is 20.9. The Bertz CT molecular complexity index is 716. The summed E-state index contributed by atoms with van der Waals surface area (Å²) >= 11 is 1.58. The maximum Gasteiger partial charge on any atom is 0.314 e. The quantitative estimate of drug-likeness (QED) is 0.796. The number of esters is 1. The Kier molecular flexibility index (Phi) is 4.72. The smallest absolute Gasteiger partial charge is 0.314 e. The lowest BCUT2D eigenvalue weighted by molar-refractivity contribution is -0.146. The molecule has 1 aliphatic rings. The topological polar surface area (TPSA) is 43.4 Å². The van der Waals surface area contributed by atoms with Crippen molar-refractivity contribution in [3.8, 4) is 0 Å². The van der Waals surface area contributed by atoms with E-state index in [2.05, 4.69) is 0 Å². The first kappa shape index (κ1) is 15.7. The van der Waals surface area contributed by atoms with Crippen LogP contribution in [0.25, 0.3) is 5.57 Å². The van der Waals surface area contributed by atoms with Crippen LogP contribution in [0.3, 0.4) is 0 Å². The molecular weight excluding hydrogens is 308 g/mol. The lowest BCUT2D eigenvalue weighted by atomic mass is 9.74. The molecule has 3 rings (SSSR count). The van der Waals surface area contributed by atoms with Gasteiger partial charge in [0.1, 0.15) is 0 Å². The van der Waals surface area contributed by atoms with E-state index in [1.807, 2.05) is 47.8 Å². The van der Waals surface area contributed by atoms with E-state index in [4.69, 9.17) is 4.74 Å². The maximum atomic E-state index is 12.6. The van der Waals surface area contributed by atoms with Gasteiger partial charge in [-0.3, -0.25) is 9.59 Å². The number of hydrogen-bond acceptors (Lipinski definition) is 4. The molecule has 0 fully saturated rings. The number of thiophene rings is 1. The third kappa shape index (κ3) is 3.27. The predicted octanol–water partition coefficient (Wildman–Crippen LogP) is 4.07. The molecule has 0 aliphatic heterocycles. The standard InChI is InChI=1S/C19H18O3S/c1-2-22-19(21)18-15(13-7-4-3-5-8-13)11-14(20)12-16(18)17-9-6-10-23-17/h3-11,16,18H,2,12H2,1H3. The SMILES string of the molecule is CCOC(=O)C1C(c2ccccc2)=CC(=O)CC1c1cccs1. The summed E-state index contributed by atoms with van der Waals surface area (Å²) in [6.45, 7) is 2.14. The monoisotopic (exact) mass is 326 g/mol. The van der Waals surface area contributed by atoms with Crippen molar-refractivity contribution in [3.63, 3.8) is 0 Å². The van der Waals surface area contributed by atoms with E-state index in [9.17, 15) is 9.59 Å².